The van der Waals surface area contributed by atoms with E-state index < -0.39 is 0 Å². The third kappa shape index (κ3) is 5.68. The van der Waals surface area contributed by atoms with Crippen molar-refractivity contribution in [2.45, 2.75) is 46.6 Å². The summed E-state index contributed by atoms with van der Waals surface area (Å²) in [5.74, 6) is 2.55. The van der Waals surface area contributed by atoms with Crippen LogP contribution in [0.1, 0.15) is 39.7 Å². The molecule has 1 amide bonds. The van der Waals surface area contributed by atoms with Crippen LogP contribution in [0.2, 0.25) is 0 Å². The summed E-state index contributed by atoms with van der Waals surface area (Å²) >= 11 is 0. The number of allylic oxidation sites excluding steroid dienone is 5. The Morgan fingerprint density at radius 1 is 1.16 bits per heavy atom. The zero-order valence-corrected chi connectivity index (χ0v) is 19.2. The molecule has 0 unspecified atom stereocenters. The average molecular weight is 424 g/mol. The van der Waals surface area contributed by atoms with Gasteiger partial charge in [0.25, 0.3) is 0 Å². The number of fused-ring (bicyclic) bond motifs is 1. The fourth-order valence-corrected chi connectivity index (χ4v) is 5.33. The minimum absolute atomic E-state index is 0.0619. The van der Waals surface area contributed by atoms with Crippen molar-refractivity contribution in [1.82, 2.24) is 5.32 Å². The molecule has 2 aliphatic carbocycles. The first kappa shape index (κ1) is 23.3. The minimum atomic E-state index is -0.243. The van der Waals surface area contributed by atoms with Crippen LogP contribution in [0.4, 0.5) is 0 Å². The van der Waals surface area contributed by atoms with Crippen molar-refractivity contribution in [3.05, 3.63) is 65.8 Å². The third-order valence-electron chi connectivity index (χ3n) is 7.25. The van der Waals surface area contributed by atoms with Gasteiger partial charge in [-0.15, -0.1) is 0 Å². The van der Waals surface area contributed by atoms with Crippen LogP contribution in [-0.4, -0.2) is 28.8 Å². The monoisotopic (exact) mass is 423 g/mol. The largest absolute Gasteiger partial charge is 0.508 e. The van der Waals surface area contributed by atoms with Crippen molar-refractivity contribution in [2.75, 3.05) is 6.54 Å². The molecule has 0 heterocycles. The first-order valence-corrected chi connectivity index (χ1v) is 11.6. The molecule has 4 heteroatoms. The van der Waals surface area contributed by atoms with Crippen LogP contribution in [0.25, 0.3) is 0 Å². The second kappa shape index (κ2) is 10.3. The van der Waals surface area contributed by atoms with Gasteiger partial charge in [0.1, 0.15) is 5.75 Å². The van der Waals surface area contributed by atoms with Crippen LogP contribution < -0.4 is 5.32 Å². The molecule has 168 valence electrons. The van der Waals surface area contributed by atoms with E-state index in [-0.39, 0.29) is 23.7 Å². The Morgan fingerprint density at radius 3 is 2.58 bits per heavy atom. The average Bonchev–Trinajstić information content (AvgIpc) is 2.75. The van der Waals surface area contributed by atoms with E-state index >= 15 is 0 Å². The number of phenols is 1. The Morgan fingerprint density at radius 2 is 1.87 bits per heavy atom. The molecule has 1 aromatic rings. The highest BCUT2D eigenvalue weighted by Crippen LogP contribution is 2.48. The van der Waals surface area contributed by atoms with E-state index in [1.165, 1.54) is 0 Å². The van der Waals surface area contributed by atoms with E-state index in [0.29, 0.717) is 41.7 Å². The number of hydrogen-bond acceptors (Lipinski definition) is 3. The van der Waals surface area contributed by atoms with E-state index in [1.54, 1.807) is 12.1 Å². The fourth-order valence-electron chi connectivity index (χ4n) is 5.33. The Labute approximate surface area is 186 Å². The number of nitrogens with one attached hydrogen (secondary N) is 1. The predicted octanol–water partition coefficient (Wildman–Crippen LogP) is 4.64. The molecule has 1 fully saturated rings. The van der Waals surface area contributed by atoms with Gasteiger partial charge in [-0.2, -0.15) is 0 Å². The molecule has 3 rings (SSSR count). The highest BCUT2D eigenvalue weighted by Gasteiger charge is 2.44. The normalized spacial score (nSPS) is 33.3. The molecular formula is C27H37NO3. The number of carbonyl (C=O) groups excluding carboxylic acids is 1. The van der Waals surface area contributed by atoms with E-state index in [4.69, 9.17) is 0 Å². The number of aromatic hydroxyl groups is 1. The molecule has 4 nitrogen and oxygen atoms in total. The van der Waals surface area contributed by atoms with Gasteiger partial charge in [-0.05, 0) is 73.0 Å². The standard InChI is InChI=1S/C27H37NO3/c1-17-8-11-22-16-19(3)26(30)20(4)25(22)24(17)7-5-6-18(2)27(31)28-15-14-21-9-12-23(29)13-10-21/h5-13,17,19-20,22,24-26,29-30H,14-16H2,1-4H3,(H,28,31)/t17-,19+,20-,22-,24-,25-,26-/m0/s1. The maximum Gasteiger partial charge on any atom is 0.246 e. The van der Waals surface area contributed by atoms with Gasteiger partial charge in [-0.3, -0.25) is 4.79 Å². The van der Waals surface area contributed by atoms with E-state index in [0.717, 1.165) is 18.4 Å². The Bertz CT molecular complexity index is 839. The van der Waals surface area contributed by atoms with Gasteiger partial charge in [0.2, 0.25) is 5.91 Å². The van der Waals surface area contributed by atoms with Crippen molar-refractivity contribution in [1.29, 1.82) is 0 Å². The van der Waals surface area contributed by atoms with E-state index in [1.807, 2.05) is 31.2 Å². The van der Waals surface area contributed by atoms with Gasteiger partial charge in [-0.25, -0.2) is 0 Å². The summed E-state index contributed by atoms with van der Waals surface area (Å²) in [4.78, 5) is 12.4. The molecule has 1 aromatic carbocycles. The van der Waals surface area contributed by atoms with Crippen molar-refractivity contribution >= 4 is 5.91 Å². The van der Waals surface area contributed by atoms with Crippen LogP contribution >= 0.6 is 0 Å². The molecule has 0 saturated heterocycles. The lowest BCUT2D eigenvalue weighted by Crippen LogP contribution is -2.46. The molecule has 2 aliphatic rings. The summed E-state index contributed by atoms with van der Waals surface area (Å²) in [5.41, 5.74) is 1.76. The highest BCUT2D eigenvalue weighted by atomic mass is 16.3. The minimum Gasteiger partial charge on any atom is -0.508 e. The van der Waals surface area contributed by atoms with Crippen LogP contribution in [0.15, 0.2) is 60.2 Å². The zero-order chi connectivity index (χ0) is 22.5. The number of carbonyl (C=O) groups is 1. The van der Waals surface area contributed by atoms with Crippen molar-refractivity contribution < 1.29 is 15.0 Å². The van der Waals surface area contributed by atoms with Gasteiger partial charge in [0, 0.05) is 12.1 Å². The molecule has 0 aliphatic heterocycles. The molecule has 1 saturated carbocycles. The SMILES string of the molecule is CC(=CC=C[C@@H]1[C@H]2[C@H](C)[C@@H](O)[C@H](C)C[C@@H]2C=C[C@@H]1C)C(=O)NCCc1ccc(O)cc1. The number of aliphatic hydroxyl groups is 1. The quantitative estimate of drug-likeness (QED) is 0.354. The molecule has 3 N–H and O–H groups in total. The van der Waals surface area contributed by atoms with Crippen LogP contribution in [-0.2, 0) is 11.2 Å². The Kier molecular flexibility index (Phi) is 7.77. The lowest BCUT2D eigenvalue weighted by atomic mass is 9.58. The first-order chi connectivity index (χ1) is 14.8. The summed E-state index contributed by atoms with van der Waals surface area (Å²) < 4.78 is 0. The second-order valence-electron chi connectivity index (χ2n) is 9.53. The molecular weight excluding hydrogens is 386 g/mol. The zero-order valence-electron chi connectivity index (χ0n) is 19.2. The summed E-state index contributed by atoms with van der Waals surface area (Å²) in [7, 11) is 0. The molecule has 7 atom stereocenters. The third-order valence-corrected chi connectivity index (χ3v) is 7.25. The number of benzene rings is 1. The molecule has 0 aromatic heterocycles. The summed E-state index contributed by atoms with van der Waals surface area (Å²) in [6.45, 7) is 8.97. The van der Waals surface area contributed by atoms with E-state index in [2.05, 4.69) is 44.3 Å². The highest BCUT2D eigenvalue weighted by molar-refractivity contribution is 5.93. The van der Waals surface area contributed by atoms with Gasteiger partial charge in [-0.1, -0.05) is 63.3 Å². The maximum atomic E-state index is 12.4. The van der Waals surface area contributed by atoms with Crippen molar-refractivity contribution in [2.24, 2.45) is 35.5 Å². The molecule has 31 heavy (non-hydrogen) atoms. The molecule has 0 radical (unpaired) electrons. The number of hydrogen-bond donors (Lipinski definition) is 3. The fraction of sp³-hybridized carbons (Fsp3) is 0.519. The van der Waals surface area contributed by atoms with Gasteiger partial charge in [0.15, 0.2) is 0 Å². The van der Waals surface area contributed by atoms with E-state index in [9.17, 15) is 15.0 Å². The van der Waals surface area contributed by atoms with Crippen molar-refractivity contribution in [3.8, 4) is 5.75 Å². The smallest absolute Gasteiger partial charge is 0.246 e. The van der Waals surface area contributed by atoms with Crippen LogP contribution in [0.3, 0.4) is 0 Å². The van der Waals surface area contributed by atoms with Crippen molar-refractivity contribution in [3.63, 3.8) is 0 Å². The topological polar surface area (TPSA) is 69.6 Å². The Hall–Kier alpha value is -2.33. The number of phenolic OH excluding ortho intramolecular Hbond substituents is 1. The second-order valence-corrected chi connectivity index (χ2v) is 9.53. The molecule has 0 spiro atoms. The number of aliphatic hydroxyl groups excluding tert-OH is 1. The lowest BCUT2D eigenvalue weighted by Gasteiger charge is -2.48. The number of amides is 1. The summed E-state index contributed by atoms with van der Waals surface area (Å²) in [5, 5.41) is 22.9. The first-order valence-electron chi connectivity index (χ1n) is 11.6. The van der Waals surface area contributed by atoms with Gasteiger partial charge in [0.05, 0.1) is 6.10 Å². The summed E-state index contributed by atoms with van der Waals surface area (Å²) in [6.07, 6.45) is 12.4. The Balaban J connectivity index is 1.57. The van der Waals surface area contributed by atoms with Gasteiger partial charge >= 0.3 is 0 Å². The summed E-state index contributed by atoms with van der Waals surface area (Å²) in [6, 6.07) is 7.05. The van der Waals surface area contributed by atoms with Crippen LogP contribution in [0, 0.1) is 35.5 Å². The maximum absolute atomic E-state index is 12.4. The van der Waals surface area contributed by atoms with Crippen LogP contribution in [0.5, 0.6) is 5.75 Å². The number of rotatable bonds is 6. The predicted molar refractivity (Wildman–Crippen MR) is 125 cm³/mol. The molecule has 0 bridgehead atoms. The van der Waals surface area contributed by atoms with Gasteiger partial charge < -0.3 is 15.5 Å². The lowest BCUT2D eigenvalue weighted by molar-refractivity contribution is -0.117.